The van der Waals surface area contributed by atoms with Crippen LogP contribution in [0.2, 0.25) is 0 Å². The van der Waals surface area contributed by atoms with Gasteiger partial charge in [-0.2, -0.15) is 0 Å². The third-order valence-electron chi connectivity index (χ3n) is 6.83. The summed E-state index contributed by atoms with van der Waals surface area (Å²) in [5.41, 5.74) is 1.42. The van der Waals surface area contributed by atoms with Crippen LogP contribution in [-0.4, -0.2) is 43.4 Å². The van der Waals surface area contributed by atoms with E-state index in [0.717, 1.165) is 25.3 Å². The number of aryl methyl sites for hydroxylation is 1. The number of pyridine rings is 1. The molecule has 4 aromatic rings. The number of fused-ring (bicyclic) bond motifs is 1. The first-order valence-electron chi connectivity index (χ1n) is 12.6. The van der Waals surface area contributed by atoms with Crippen LogP contribution in [0, 0.1) is 17.5 Å². The van der Waals surface area contributed by atoms with E-state index in [2.05, 4.69) is 30.9 Å². The van der Waals surface area contributed by atoms with Gasteiger partial charge in [-0.15, -0.1) is 0 Å². The molecule has 2 amide bonds. The second-order valence-corrected chi connectivity index (χ2v) is 9.85. The molecule has 39 heavy (non-hydrogen) atoms. The Morgan fingerprint density at radius 3 is 2.67 bits per heavy atom. The highest BCUT2D eigenvalue weighted by Crippen LogP contribution is 2.34. The summed E-state index contributed by atoms with van der Waals surface area (Å²) >= 11 is 0. The molecule has 0 radical (unpaired) electrons. The Morgan fingerprint density at radius 1 is 1.13 bits per heavy atom. The van der Waals surface area contributed by atoms with E-state index in [0.29, 0.717) is 23.2 Å². The summed E-state index contributed by atoms with van der Waals surface area (Å²) in [6, 6.07) is 2.91. The first kappa shape index (κ1) is 26.3. The van der Waals surface area contributed by atoms with Gasteiger partial charge in [-0.05, 0) is 37.8 Å². The van der Waals surface area contributed by atoms with E-state index >= 15 is 4.39 Å². The Morgan fingerprint density at radius 2 is 1.92 bits per heavy atom. The topological polar surface area (TPSA) is 117 Å². The molecule has 3 aromatic heterocycles. The van der Waals surface area contributed by atoms with Crippen LogP contribution in [-0.2, 0) is 18.4 Å². The number of benzene rings is 1. The number of carbonyl (C=O) groups excluding carboxylic acids is 2. The van der Waals surface area contributed by atoms with Crippen molar-refractivity contribution in [3.05, 3.63) is 65.6 Å². The molecule has 5 rings (SSSR count). The molecule has 0 spiro atoms. The molecule has 4 N–H and O–H groups in total. The highest BCUT2D eigenvalue weighted by atomic mass is 19.1. The molecule has 1 aliphatic rings. The quantitative estimate of drug-likeness (QED) is 0.281. The van der Waals surface area contributed by atoms with Crippen LogP contribution in [0.25, 0.3) is 22.2 Å². The maximum Gasteiger partial charge on any atom is 0.271 e. The van der Waals surface area contributed by atoms with Gasteiger partial charge in [-0.3, -0.25) is 9.59 Å². The number of amides is 2. The van der Waals surface area contributed by atoms with Crippen LogP contribution < -0.4 is 16.0 Å². The maximum atomic E-state index is 15.3. The molecule has 3 heterocycles. The van der Waals surface area contributed by atoms with Gasteiger partial charge in [0, 0.05) is 67.6 Å². The van der Waals surface area contributed by atoms with Crippen molar-refractivity contribution in [2.75, 3.05) is 5.32 Å². The third kappa shape index (κ3) is 5.74. The number of imidazole rings is 1. The normalized spacial score (nSPS) is 17.3. The van der Waals surface area contributed by atoms with E-state index in [1.54, 1.807) is 24.1 Å². The number of nitrogens with zero attached hydrogens (tertiary/aromatic N) is 3. The Hall–Kier alpha value is -4.35. The lowest BCUT2D eigenvalue weighted by Gasteiger charge is -2.30. The number of hydrogen-bond acceptors (Lipinski definition) is 5. The average molecular weight is 540 g/mol. The molecular formula is C27H28F3N7O2. The van der Waals surface area contributed by atoms with Crippen LogP contribution in [0.15, 0.2) is 36.9 Å². The van der Waals surface area contributed by atoms with Crippen molar-refractivity contribution in [1.29, 1.82) is 0 Å². The SMILES string of the molecule is CC(=O)NCc1cc(F)c(N[C@H]2CCC[C@@H](NC(=O)c3cn(C)cn3)C2)nc1-c1c[nH]c2c(F)cc(F)cc12. The number of H-pyrrole nitrogens is 1. The van der Waals surface area contributed by atoms with Crippen LogP contribution in [0.3, 0.4) is 0 Å². The Bertz CT molecular complexity index is 1550. The second-order valence-electron chi connectivity index (χ2n) is 9.85. The van der Waals surface area contributed by atoms with Gasteiger partial charge in [0.2, 0.25) is 5.91 Å². The molecule has 2 atom stereocenters. The average Bonchev–Trinajstić information content (AvgIpc) is 3.51. The lowest BCUT2D eigenvalue weighted by Crippen LogP contribution is -2.42. The number of aromatic nitrogens is 4. The van der Waals surface area contributed by atoms with Gasteiger partial charge in [0.25, 0.3) is 5.91 Å². The van der Waals surface area contributed by atoms with Gasteiger partial charge in [0.05, 0.1) is 17.5 Å². The van der Waals surface area contributed by atoms with Crippen molar-refractivity contribution < 1.29 is 22.8 Å². The van der Waals surface area contributed by atoms with Crippen molar-refractivity contribution in [3.8, 4) is 11.3 Å². The van der Waals surface area contributed by atoms with Gasteiger partial charge < -0.3 is 25.5 Å². The minimum Gasteiger partial charge on any atom is -0.365 e. The Balaban J connectivity index is 1.42. The largest absolute Gasteiger partial charge is 0.365 e. The zero-order chi connectivity index (χ0) is 27.7. The third-order valence-corrected chi connectivity index (χ3v) is 6.83. The zero-order valence-corrected chi connectivity index (χ0v) is 21.4. The van der Waals surface area contributed by atoms with Crippen LogP contribution >= 0.6 is 0 Å². The number of aromatic amines is 1. The van der Waals surface area contributed by atoms with E-state index in [9.17, 15) is 18.4 Å². The maximum absolute atomic E-state index is 15.3. The number of nitrogens with one attached hydrogen (secondary N) is 4. The van der Waals surface area contributed by atoms with Crippen molar-refractivity contribution in [3.63, 3.8) is 0 Å². The predicted molar refractivity (Wildman–Crippen MR) is 139 cm³/mol. The number of hydrogen-bond donors (Lipinski definition) is 4. The molecule has 12 heteroatoms. The van der Waals surface area contributed by atoms with Crippen LogP contribution in [0.1, 0.15) is 48.7 Å². The fourth-order valence-corrected chi connectivity index (χ4v) is 5.00. The molecule has 0 aliphatic heterocycles. The lowest BCUT2D eigenvalue weighted by molar-refractivity contribution is -0.119. The van der Waals surface area contributed by atoms with Crippen molar-refractivity contribution in [1.82, 2.24) is 30.2 Å². The molecule has 1 saturated carbocycles. The molecule has 1 aliphatic carbocycles. The van der Waals surface area contributed by atoms with E-state index in [-0.39, 0.29) is 52.9 Å². The first-order valence-corrected chi connectivity index (χ1v) is 12.6. The van der Waals surface area contributed by atoms with Gasteiger partial charge in [-0.1, -0.05) is 0 Å². The lowest BCUT2D eigenvalue weighted by atomic mass is 9.90. The first-order chi connectivity index (χ1) is 18.7. The highest BCUT2D eigenvalue weighted by molar-refractivity contribution is 5.96. The van der Waals surface area contributed by atoms with Gasteiger partial charge in [-0.25, -0.2) is 23.1 Å². The summed E-state index contributed by atoms with van der Waals surface area (Å²) in [6.07, 6.45) is 7.55. The van der Waals surface area contributed by atoms with Gasteiger partial charge in [0.1, 0.15) is 17.3 Å². The standard InChI is InChI=1S/C27H28F3N7O2/c1-14(38)31-10-15-6-22(30)26(36-24(15)20-11-32-25-19(20)7-16(28)8-21(25)29)34-17-4-3-5-18(9-17)35-27(39)23-12-37(2)13-33-23/h6-8,11-13,17-18,32H,3-5,9-10H2,1-2H3,(H,31,38)(H,34,36)(H,35,39)/t17-,18+/m0/s1. The van der Waals surface area contributed by atoms with Crippen LogP contribution in [0.5, 0.6) is 0 Å². The number of halogens is 3. The molecule has 0 bridgehead atoms. The van der Waals surface area contributed by atoms with E-state index in [1.165, 1.54) is 25.3 Å². The summed E-state index contributed by atoms with van der Waals surface area (Å²) in [7, 11) is 1.78. The minimum atomic E-state index is -0.763. The molecule has 9 nitrogen and oxygen atoms in total. The summed E-state index contributed by atoms with van der Waals surface area (Å²) in [6.45, 7) is 1.31. The zero-order valence-electron chi connectivity index (χ0n) is 21.4. The fourth-order valence-electron chi connectivity index (χ4n) is 5.00. The molecule has 1 aromatic carbocycles. The second kappa shape index (κ2) is 10.8. The van der Waals surface area contributed by atoms with E-state index in [4.69, 9.17) is 0 Å². The molecule has 0 saturated heterocycles. The van der Waals surface area contributed by atoms with Crippen LogP contribution in [0.4, 0.5) is 19.0 Å². The van der Waals surface area contributed by atoms with E-state index < -0.39 is 17.5 Å². The van der Waals surface area contributed by atoms with Gasteiger partial charge in [0.15, 0.2) is 11.6 Å². The van der Waals surface area contributed by atoms with Crippen molar-refractivity contribution >= 4 is 28.5 Å². The molecule has 0 unspecified atom stereocenters. The Labute approximate surface area is 222 Å². The monoisotopic (exact) mass is 539 g/mol. The minimum absolute atomic E-state index is 0.0234. The Kier molecular flexibility index (Phi) is 7.27. The summed E-state index contributed by atoms with van der Waals surface area (Å²) in [5.74, 6) is -2.76. The van der Waals surface area contributed by atoms with Gasteiger partial charge >= 0.3 is 0 Å². The highest BCUT2D eigenvalue weighted by Gasteiger charge is 2.26. The number of rotatable bonds is 7. The number of anilines is 1. The van der Waals surface area contributed by atoms with E-state index in [1.807, 2.05) is 0 Å². The fraction of sp³-hybridized carbons (Fsp3) is 0.333. The summed E-state index contributed by atoms with van der Waals surface area (Å²) in [5, 5.41) is 9.03. The smallest absolute Gasteiger partial charge is 0.271 e. The molecule has 1 fully saturated rings. The van der Waals surface area contributed by atoms with Crippen molar-refractivity contribution in [2.45, 2.75) is 51.2 Å². The number of carbonyl (C=O) groups is 2. The predicted octanol–water partition coefficient (Wildman–Crippen LogP) is 4.17. The molecule has 204 valence electrons. The summed E-state index contributed by atoms with van der Waals surface area (Å²) in [4.78, 5) is 35.5. The summed E-state index contributed by atoms with van der Waals surface area (Å²) < 4.78 is 45.4. The molecular weight excluding hydrogens is 511 g/mol. The van der Waals surface area contributed by atoms with Crippen molar-refractivity contribution in [2.24, 2.45) is 7.05 Å².